The Morgan fingerprint density at radius 3 is 2.61 bits per heavy atom. The first-order chi connectivity index (χ1) is 16.9. The number of carbonyl (C=O) groups is 1. The van der Waals surface area contributed by atoms with E-state index in [4.69, 9.17) is 9.47 Å². The number of amides is 1. The van der Waals surface area contributed by atoms with Crippen molar-refractivity contribution >= 4 is 22.8 Å². The van der Waals surface area contributed by atoms with E-state index in [0.29, 0.717) is 35.0 Å². The van der Waals surface area contributed by atoms with Crippen molar-refractivity contribution in [1.82, 2.24) is 20.3 Å². The van der Waals surface area contributed by atoms with Gasteiger partial charge in [-0.3, -0.25) is 4.98 Å². The number of hydrogen-bond acceptors (Lipinski definition) is 7. The van der Waals surface area contributed by atoms with Gasteiger partial charge in [0.15, 0.2) is 6.10 Å². The van der Waals surface area contributed by atoms with Crippen molar-refractivity contribution in [2.24, 2.45) is 0 Å². The van der Waals surface area contributed by atoms with Gasteiger partial charge in [-0.25, -0.2) is 14.8 Å². The summed E-state index contributed by atoms with van der Waals surface area (Å²) in [7, 11) is 0. The number of nitrogens with zero attached hydrogens (tertiary/aromatic N) is 4. The van der Waals surface area contributed by atoms with Crippen LogP contribution in [0.4, 0.5) is 23.8 Å². The second-order valence-electron chi connectivity index (χ2n) is 9.68. The van der Waals surface area contributed by atoms with Crippen LogP contribution in [0.3, 0.4) is 0 Å². The molecule has 1 saturated heterocycles. The molecule has 0 bridgehead atoms. The largest absolute Gasteiger partial charge is 0.444 e. The molecule has 4 rings (SSSR count). The van der Waals surface area contributed by atoms with Crippen molar-refractivity contribution < 1.29 is 27.4 Å². The van der Waals surface area contributed by atoms with Gasteiger partial charge in [-0.05, 0) is 58.0 Å². The van der Waals surface area contributed by atoms with Crippen molar-refractivity contribution in [2.75, 3.05) is 18.0 Å². The molecule has 1 N–H and O–H groups in total. The van der Waals surface area contributed by atoms with Gasteiger partial charge in [0.05, 0.1) is 41.8 Å². The molecule has 192 valence electrons. The third-order valence-corrected chi connectivity index (χ3v) is 5.39. The fourth-order valence-corrected chi connectivity index (χ4v) is 3.84. The third kappa shape index (κ3) is 6.39. The quantitative estimate of drug-likeness (QED) is 0.543. The van der Waals surface area contributed by atoms with E-state index in [1.54, 1.807) is 69.1 Å². The Bertz CT molecular complexity index is 1250. The average Bonchev–Trinajstić information content (AvgIpc) is 2.80. The predicted molar refractivity (Wildman–Crippen MR) is 128 cm³/mol. The van der Waals surface area contributed by atoms with Gasteiger partial charge in [0.25, 0.3) is 0 Å². The summed E-state index contributed by atoms with van der Waals surface area (Å²) in [6, 6.07) is 10.6. The molecule has 11 heteroatoms. The van der Waals surface area contributed by atoms with Crippen LogP contribution in [0.5, 0.6) is 0 Å². The molecule has 1 aliphatic heterocycles. The van der Waals surface area contributed by atoms with E-state index < -0.39 is 30.1 Å². The highest BCUT2D eigenvalue weighted by Gasteiger charge is 2.45. The fraction of sp³-hybridized carbons (Fsp3) is 0.440. The van der Waals surface area contributed by atoms with E-state index >= 15 is 0 Å². The lowest BCUT2D eigenvalue weighted by Gasteiger charge is -2.38. The first kappa shape index (κ1) is 25.6. The van der Waals surface area contributed by atoms with Gasteiger partial charge in [-0.1, -0.05) is 6.07 Å². The van der Waals surface area contributed by atoms with E-state index in [0.717, 1.165) is 5.39 Å². The Labute approximate surface area is 206 Å². The normalized spacial score (nSPS) is 18.8. The summed E-state index contributed by atoms with van der Waals surface area (Å²) in [5, 5.41) is 3.47. The first-order valence-corrected chi connectivity index (χ1v) is 11.5. The summed E-state index contributed by atoms with van der Waals surface area (Å²) in [6.07, 6.45) is -5.79. The number of ether oxygens (including phenoxy) is 2. The summed E-state index contributed by atoms with van der Waals surface area (Å²) >= 11 is 0. The third-order valence-electron chi connectivity index (χ3n) is 5.39. The highest BCUT2D eigenvalue weighted by Crippen LogP contribution is 2.30. The van der Waals surface area contributed by atoms with Crippen molar-refractivity contribution in [2.45, 2.75) is 58.2 Å². The summed E-state index contributed by atoms with van der Waals surface area (Å²) in [6.45, 7) is 7.10. The van der Waals surface area contributed by atoms with Crippen LogP contribution in [0.15, 0.2) is 42.6 Å². The summed E-state index contributed by atoms with van der Waals surface area (Å²) < 4.78 is 50.2. The summed E-state index contributed by atoms with van der Waals surface area (Å²) in [4.78, 5) is 27.1. The van der Waals surface area contributed by atoms with Gasteiger partial charge in [-0.15, -0.1) is 0 Å². The Kier molecular flexibility index (Phi) is 7.03. The van der Waals surface area contributed by atoms with Gasteiger partial charge < -0.3 is 19.7 Å². The van der Waals surface area contributed by atoms with Crippen molar-refractivity contribution in [3.05, 3.63) is 48.3 Å². The van der Waals surface area contributed by atoms with Gasteiger partial charge in [0.1, 0.15) is 11.4 Å². The number of pyridine rings is 3. The molecule has 0 spiro atoms. The minimum absolute atomic E-state index is 0.167. The van der Waals surface area contributed by atoms with Crippen LogP contribution in [0.2, 0.25) is 0 Å². The minimum atomic E-state index is -4.45. The molecule has 3 aromatic heterocycles. The Balaban J connectivity index is 1.54. The second-order valence-corrected chi connectivity index (χ2v) is 9.68. The lowest BCUT2D eigenvalue weighted by Crippen LogP contribution is -2.52. The molecule has 8 nitrogen and oxygen atoms in total. The predicted octanol–water partition coefficient (Wildman–Crippen LogP) is 4.87. The maximum absolute atomic E-state index is 13.3. The molecule has 36 heavy (non-hydrogen) atoms. The minimum Gasteiger partial charge on any atom is -0.444 e. The van der Waals surface area contributed by atoms with Gasteiger partial charge in [-0.2, -0.15) is 13.2 Å². The Hall–Kier alpha value is -3.47. The summed E-state index contributed by atoms with van der Waals surface area (Å²) in [5.74, 6) is 0.427. The van der Waals surface area contributed by atoms with Crippen LogP contribution in [0.25, 0.3) is 22.3 Å². The molecule has 0 aromatic carbocycles. The van der Waals surface area contributed by atoms with Crippen molar-refractivity contribution in [1.29, 1.82) is 0 Å². The molecular weight excluding hydrogens is 475 g/mol. The molecule has 2 unspecified atom stereocenters. The molecule has 0 aliphatic carbocycles. The zero-order valence-electron chi connectivity index (χ0n) is 20.5. The molecule has 1 amide bonds. The lowest BCUT2D eigenvalue weighted by molar-refractivity contribution is -0.233. The number of alkyl halides is 3. The fourth-order valence-electron chi connectivity index (χ4n) is 3.84. The van der Waals surface area contributed by atoms with Crippen LogP contribution >= 0.6 is 0 Å². The SMILES string of the molecule is CC1CN(c2cccc(-c3ccc4cnc(CNC(=O)OC(C)(C)C)cc4n3)n2)CC(C(F)(F)F)O1. The molecule has 1 aliphatic rings. The molecule has 2 atom stereocenters. The topological polar surface area (TPSA) is 89.5 Å². The number of alkyl carbamates (subject to hydrolysis) is 1. The molecule has 1 fully saturated rings. The highest BCUT2D eigenvalue weighted by molar-refractivity contribution is 5.81. The van der Waals surface area contributed by atoms with E-state index in [9.17, 15) is 18.0 Å². The van der Waals surface area contributed by atoms with E-state index in [1.165, 1.54) is 0 Å². The first-order valence-electron chi connectivity index (χ1n) is 11.5. The van der Waals surface area contributed by atoms with Crippen LogP contribution in [0.1, 0.15) is 33.4 Å². The number of carbonyl (C=O) groups excluding carboxylic acids is 1. The van der Waals surface area contributed by atoms with Crippen LogP contribution in [-0.4, -0.2) is 58.1 Å². The molecule has 4 heterocycles. The van der Waals surface area contributed by atoms with Crippen molar-refractivity contribution in [3.63, 3.8) is 0 Å². The monoisotopic (exact) mass is 503 g/mol. The van der Waals surface area contributed by atoms with Crippen LogP contribution in [0, 0.1) is 0 Å². The van der Waals surface area contributed by atoms with Gasteiger partial charge in [0, 0.05) is 18.1 Å². The number of nitrogens with one attached hydrogen (secondary N) is 1. The Morgan fingerprint density at radius 2 is 1.89 bits per heavy atom. The number of fused-ring (bicyclic) bond motifs is 1. The Morgan fingerprint density at radius 1 is 1.14 bits per heavy atom. The zero-order chi connectivity index (χ0) is 26.1. The number of anilines is 1. The number of rotatable bonds is 4. The molecular formula is C25H28F3N5O3. The number of hydrogen-bond donors (Lipinski definition) is 1. The maximum atomic E-state index is 13.3. The van der Waals surface area contributed by atoms with Crippen molar-refractivity contribution in [3.8, 4) is 11.4 Å². The molecule has 3 aromatic rings. The van der Waals surface area contributed by atoms with E-state index in [1.807, 2.05) is 6.07 Å². The lowest BCUT2D eigenvalue weighted by atomic mass is 10.1. The maximum Gasteiger partial charge on any atom is 0.416 e. The smallest absolute Gasteiger partial charge is 0.416 e. The molecule has 0 radical (unpaired) electrons. The van der Waals surface area contributed by atoms with E-state index in [2.05, 4.69) is 20.3 Å². The standard InChI is InChI=1S/C25H28F3N5O3/c1-15-13-33(14-21(35-15)25(26,27)28)22-7-5-6-18(32-22)19-9-8-16-11-29-17(10-20(16)31-19)12-30-23(34)36-24(2,3)4/h5-11,15,21H,12-14H2,1-4H3,(H,30,34). The molecule has 0 saturated carbocycles. The number of morpholine rings is 1. The van der Waals surface area contributed by atoms with E-state index in [-0.39, 0.29) is 13.1 Å². The number of halogens is 3. The second kappa shape index (κ2) is 9.88. The van der Waals surface area contributed by atoms with Crippen LogP contribution < -0.4 is 10.2 Å². The number of aromatic nitrogens is 3. The highest BCUT2D eigenvalue weighted by atomic mass is 19.4. The van der Waals surface area contributed by atoms with Gasteiger partial charge >= 0.3 is 12.3 Å². The van der Waals surface area contributed by atoms with Crippen LogP contribution in [-0.2, 0) is 16.0 Å². The zero-order valence-corrected chi connectivity index (χ0v) is 20.5. The summed E-state index contributed by atoms with van der Waals surface area (Å²) in [5.41, 5.74) is 1.73. The average molecular weight is 504 g/mol. The van der Waals surface area contributed by atoms with Gasteiger partial charge in [0.2, 0.25) is 0 Å².